The molecule has 3 aliphatic rings. The van der Waals surface area contributed by atoms with Gasteiger partial charge in [-0.05, 0) is 12.0 Å². The smallest absolute Gasteiger partial charge is 0.211 e. The van der Waals surface area contributed by atoms with E-state index in [-0.39, 0.29) is 17.4 Å². The maximum atomic E-state index is 11.6. The number of fused-ring (bicyclic) bond motifs is 3. The predicted molar refractivity (Wildman–Crippen MR) is 88.8 cm³/mol. The molecule has 0 bridgehead atoms. The Labute approximate surface area is 140 Å². The van der Waals surface area contributed by atoms with Crippen molar-refractivity contribution in [2.45, 2.75) is 18.6 Å². The number of hydrogen-bond acceptors (Lipinski definition) is 4. The van der Waals surface area contributed by atoms with Crippen molar-refractivity contribution in [2.24, 2.45) is 11.3 Å². The number of aliphatic hydroxyl groups is 1. The fourth-order valence-electron chi connectivity index (χ4n) is 4.80. The molecule has 3 heterocycles. The van der Waals surface area contributed by atoms with E-state index >= 15 is 0 Å². The second-order valence-electron chi connectivity index (χ2n) is 7.42. The van der Waals surface area contributed by atoms with Gasteiger partial charge in [-0.1, -0.05) is 24.3 Å². The topological polar surface area (TPSA) is 75.4 Å². The van der Waals surface area contributed by atoms with Crippen LogP contribution in [0.2, 0.25) is 0 Å². The molecule has 2 fully saturated rings. The molecule has 24 heavy (non-hydrogen) atoms. The van der Waals surface area contributed by atoms with Gasteiger partial charge in [-0.15, -0.1) is 0 Å². The molecule has 7 heteroatoms. The lowest BCUT2D eigenvalue weighted by atomic mass is 9.53. The van der Waals surface area contributed by atoms with Gasteiger partial charge in [0.1, 0.15) is 0 Å². The minimum absolute atomic E-state index is 0.0895. The van der Waals surface area contributed by atoms with Crippen molar-refractivity contribution in [3.05, 3.63) is 42.4 Å². The molecule has 2 aliphatic heterocycles. The molecule has 1 aliphatic carbocycles. The number of aromatic nitrogens is 2. The number of sulfonamides is 1. The van der Waals surface area contributed by atoms with Gasteiger partial charge in [-0.25, -0.2) is 17.7 Å². The summed E-state index contributed by atoms with van der Waals surface area (Å²) in [5, 5.41) is 10.9. The van der Waals surface area contributed by atoms with Crippen molar-refractivity contribution >= 4 is 10.0 Å². The fourth-order valence-corrected chi connectivity index (χ4v) is 5.78. The van der Waals surface area contributed by atoms with Gasteiger partial charge >= 0.3 is 0 Å². The highest BCUT2D eigenvalue weighted by molar-refractivity contribution is 7.88. The molecule has 0 amide bonds. The molecule has 0 unspecified atom stereocenters. The van der Waals surface area contributed by atoms with Crippen LogP contribution in [0.25, 0.3) is 11.3 Å². The molecule has 1 saturated carbocycles. The standard InChI is InChI=1S/C17H19N3O3S/c1-24(22,23)19-8-17(9-19)6-13(16(17)21)15-12-5-3-2-4-11(12)14-7-18-10-20(14)15/h2-5,7,10,13,15-16,21H,6,8-9H2,1H3/t13-,15+,16+/m0/s1. The van der Waals surface area contributed by atoms with Gasteiger partial charge in [0.25, 0.3) is 0 Å². The van der Waals surface area contributed by atoms with Crippen LogP contribution in [0, 0.1) is 11.3 Å². The average Bonchev–Trinajstić information content (AvgIpc) is 3.05. The highest BCUT2D eigenvalue weighted by atomic mass is 32.2. The van der Waals surface area contributed by atoms with Crippen molar-refractivity contribution in [1.29, 1.82) is 0 Å². The van der Waals surface area contributed by atoms with Gasteiger partial charge in [-0.3, -0.25) is 0 Å². The van der Waals surface area contributed by atoms with Crippen LogP contribution in [0.5, 0.6) is 0 Å². The quantitative estimate of drug-likeness (QED) is 0.884. The van der Waals surface area contributed by atoms with Gasteiger partial charge in [0.15, 0.2) is 0 Å². The summed E-state index contributed by atoms with van der Waals surface area (Å²) in [5.41, 5.74) is 3.24. The van der Waals surface area contributed by atoms with Crippen molar-refractivity contribution in [3.8, 4) is 11.3 Å². The van der Waals surface area contributed by atoms with Gasteiger partial charge in [0.05, 0.1) is 36.6 Å². The third-order valence-corrected chi connectivity index (χ3v) is 7.25. The first-order valence-electron chi connectivity index (χ1n) is 8.15. The Kier molecular flexibility index (Phi) is 2.73. The second kappa shape index (κ2) is 4.47. The molecule has 2 aromatic rings. The third kappa shape index (κ3) is 1.72. The fraction of sp³-hybridized carbons (Fsp3) is 0.471. The zero-order valence-corrected chi connectivity index (χ0v) is 14.1. The Morgan fingerprint density at radius 1 is 1.29 bits per heavy atom. The van der Waals surface area contributed by atoms with E-state index in [4.69, 9.17) is 0 Å². The Balaban J connectivity index is 1.44. The first-order valence-corrected chi connectivity index (χ1v) is 10.00. The number of rotatable bonds is 2. The summed E-state index contributed by atoms with van der Waals surface area (Å²) >= 11 is 0. The van der Waals surface area contributed by atoms with Crippen LogP contribution in [0.1, 0.15) is 18.0 Å². The van der Waals surface area contributed by atoms with Gasteiger partial charge in [0, 0.05) is 30.0 Å². The normalized spacial score (nSPS) is 30.5. The predicted octanol–water partition coefficient (Wildman–Crippen LogP) is 1.10. The zero-order valence-electron chi connectivity index (χ0n) is 13.3. The van der Waals surface area contributed by atoms with Crippen molar-refractivity contribution in [3.63, 3.8) is 0 Å². The van der Waals surface area contributed by atoms with Crippen LogP contribution in [-0.4, -0.2) is 52.8 Å². The van der Waals surface area contributed by atoms with E-state index in [9.17, 15) is 13.5 Å². The number of benzene rings is 1. The minimum Gasteiger partial charge on any atom is -0.392 e. The molecule has 6 nitrogen and oxygen atoms in total. The molecular formula is C17H19N3O3S. The van der Waals surface area contributed by atoms with Crippen LogP contribution >= 0.6 is 0 Å². The number of aliphatic hydroxyl groups excluding tert-OH is 1. The minimum atomic E-state index is -3.15. The van der Waals surface area contributed by atoms with E-state index in [1.54, 1.807) is 0 Å². The van der Waals surface area contributed by atoms with Gasteiger partial charge in [0.2, 0.25) is 10.0 Å². The largest absolute Gasteiger partial charge is 0.392 e. The molecule has 5 rings (SSSR count). The molecule has 1 saturated heterocycles. The number of hydrogen-bond donors (Lipinski definition) is 1. The van der Waals surface area contributed by atoms with E-state index in [0.717, 1.165) is 12.1 Å². The zero-order chi connectivity index (χ0) is 16.7. The monoisotopic (exact) mass is 345 g/mol. The Bertz CT molecular complexity index is 930. The SMILES string of the molecule is CS(=O)(=O)N1CC2(C[C@@H]([C@H]3c4ccccc4-c4cncn43)[C@H]2O)C1. The Morgan fingerprint density at radius 3 is 2.75 bits per heavy atom. The number of imidazole rings is 1. The highest BCUT2D eigenvalue weighted by Crippen LogP contribution is 2.59. The third-order valence-electron chi connectivity index (χ3n) is 6.05. The summed E-state index contributed by atoms with van der Waals surface area (Å²) < 4.78 is 26.8. The van der Waals surface area contributed by atoms with Gasteiger partial charge in [-0.2, -0.15) is 0 Å². The van der Waals surface area contributed by atoms with Crippen LogP contribution in [-0.2, 0) is 10.0 Å². The summed E-state index contributed by atoms with van der Waals surface area (Å²) in [7, 11) is -3.15. The first-order chi connectivity index (χ1) is 11.4. The van der Waals surface area contributed by atoms with Crippen LogP contribution < -0.4 is 0 Å². The van der Waals surface area contributed by atoms with Gasteiger partial charge < -0.3 is 9.67 Å². The average molecular weight is 345 g/mol. The van der Waals surface area contributed by atoms with E-state index in [0.29, 0.717) is 13.1 Å². The summed E-state index contributed by atoms with van der Waals surface area (Å²) in [6.45, 7) is 0.878. The first kappa shape index (κ1) is 14.6. The Morgan fingerprint density at radius 2 is 2.04 bits per heavy atom. The summed E-state index contributed by atoms with van der Waals surface area (Å²) in [6.07, 6.45) is 5.29. The lowest BCUT2D eigenvalue weighted by Gasteiger charge is -2.62. The molecular weight excluding hydrogens is 326 g/mol. The lowest BCUT2D eigenvalue weighted by molar-refractivity contribution is -0.183. The molecule has 1 spiro atoms. The summed E-state index contributed by atoms with van der Waals surface area (Å²) in [6, 6.07) is 8.35. The van der Waals surface area contributed by atoms with Crippen molar-refractivity contribution < 1.29 is 13.5 Å². The maximum absolute atomic E-state index is 11.6. The summed E-state index contributed by atoms with van der Waals surface area (Å²) in [4.78, 5) is 4.27. The molecule has 3 atom stereocenters. The summed E-state index contributed by atoms with van der Waals surface area (Å²) in [5.74, 6) is 0.100. The van der Waals surface area contributed by atoms with E-state index in [1.165, 1.54) is 21.7 Å². The molecule has 0 radical (unpaired) electrons. The van der Waals surface area contributed by atoms with Crippen molar-refractivity contribution in [2.75, 3.05) is 19.3 Å². The second-order valence-corrected chi connectivity index (χ2v) is 9.41. The van der Waals surface area contributed by atoms with E-state index in [2.05, 4.69) is 21.7 Å². The molecule has 1 aromatic carbocycles. The van der Waals surface area contributed by atoms with E-state index in [1.807, 2.05) is 24.7 Å². The van der Waals surface area contributed by atoms with E-state index < -0.39 is 16.1 Å². The van der Waals surface area contributed by atoms with Crippen LogP contribution in [0.4, 0.5) is 0 Å². The van der Waals surface area contributed by atoms with Crippen LogP contribution in [0.3, 0.4) is 0 Å². The molecule has 126 valence electrons. The lowest BCUT2D eigenvalue weighted by Crippen LogP contribution is -2.71. The number of nitrogens with zero attached hydrogens (tertiary/aromatic N) is 3. The van der Waals surface area contributed by atoms with Crippen molar-refractivity contribution in [1.82, 2.24) is 13.9 Å². The Hall–Kier alpha value is -1.70. The maximum Gasteiger partial charge on any atom is 0.211 e. The van der Waals surface area contributed by atoms with Crippen LogP contribution in [0.15, 0.2) is 36.8 Å². The highest BCUT2D eigenvalue weighted by Gasteiger charge is 2.63. The molecule has 1 aromatic heterocycles. The molecule has 1 N–H and O–H groups in total.